The van der Waals surface area contributed by atoms with Gasteiger partial charge in [0.05, 0.1) is 0 Å². The van der Waals surface area contributed by atoms with Gasteiger partial charge in [0, 0.05) is 30.4 Å². The molecule has 0 unspecified atom stereocenters. The van der Waals surface area contributed by atoms with Crippen molar-refractivity contribution in [3.05, 3.63) is 0 Å². The summed E-state index contributed by atoms with van der Waals surface area (Å²) in [5.74, 6) is 0. The molecule has 1 saturated carbocycles. The largest absolute Gasteiger partial charge is 0.444 e. The Labute approximate surface area is 121 Å². The zero-order valence-corrected chi connectivity index (χ0v) is 13.1. The van der Waals surface area contributed by atoms with E-state index in [1.807, 2.05) is 20.8 Å². The summed E-state index contributed by atoms with van der Waals surface area (Å²) in [6.07, 6.45) is 4.19. The van der Waals surface area contributed by atoms with Crippen molar-refractivity contribution < 1.29 is 9.53 Å². The third-order valence-corrected chi connectivity index (χ3v) is 4.28. The van der Waals surface area contributed by atoms with Gasteiger partial charge in [-0.25, -0.2) is 4.79 Å². The van der Waals surface area contributed by atoms with Crippen LogP contribution in [0.4, 0.5) is 4.79 Å². The first-order chi connectivity index (χ1) is 8.83. The van der Waals surface area contributed by atoms with Crippen LogP contribution < -0.4 is 5.32 Å². The lowest BCUT2D eigenvalue weighted by atomic mass is 9.88. The summed E-state index contributed by atoms with van der Waals surface area (Å²) in [6.45, 7) is 7.82. The van der Waals surface area contributed by atoms with Crippen LogP contribution in [-0.2, 0) is 4.74 Å². The van der Waals surface area contributed by atoms with Gasteiger partial charge in [-0.2, -0.15) is 12.6 Å². The maximum absolute atomic E-state index is 11.7. The predicted molar refractivity (Wildman–Crippen MR) is 79.8 cm³/mol. The van der Waals surface area contributed by atoms with Gasteiger partial charge in [-0.3, -0.25) is 0 Å². The highest BCUT2D eigenvalue weighted by Crippen LogP contribution is 2.31. The zero-order chi connectivity index (χ0) is 14.0. The summed E-state index contributed by atoms with van der Waals surface area (Å²) in [4.78, 5) is 14.2. The first kappa shape index (κ1) is 15.0. The number of carbonyl (C=O) groups is 1. The second-order valence-corrected chi connectivity index (χ2v) is 7.47. The maximum atomic E-state index is 11.7. The fraction of sp³-hybridized carbons (Fsp3) is 0.929. The van der Waals surface area contributed by atoms with Gasteiger partial charge in [0.1, 0.15) is 5.60 Å². The molecule has 0 radical (unpaired) electrons. The number of ether oxygens (including phenoxy) is 1. The Kier molecular flexibility index (Phi) is 4.66. The average molecular weight is 286 g/mol. The number of amides is 1. The van der Waals surface area contributed by atoms with Gasteiger partial charge in [0.25, 0.3) is 0 Å². The second kappa shape index (κ2) is 5.92. The van der Waals surface area contributed by atoms with Crippen molar-refractivity contribution >= 4 is 18.7 Å². The Bertz CT molecular complexity index is 316. The number of alkyl carbamates (subject to hydrolysis) is 1. The van der Waals surface area contributed by atoms with E-state index in [1.54, 1.807) is 0 Å². The highest BCUT2D eigenvalue weighted by atomic mass is 32.1. The first-order valence-electron chi connectivity index (χ1n) is 7.25. The van der Waals surface area contributed by atoms with Gasteiger partial charge in [-0.1, -0.05) is 0 Å². The van der Waals surface area contributed by atoms with E-state index in [-0.39, 0.29) is 12.1 Å². The highest BCUT2D eigenvalue weighted by molar-refractivity contribution is 7.81. The van der Waals surface area contributed by atoms with E-state index < -0.39 is 5.60 Å². The fourth-order valence-corrected chi connectivity index (χ4v) is 3.23. The Morgan fingerprint density at radius 1 is 1.26 bits per heavy atom. The Morgan fingerprint density at radius 3 is 2.32 bits per heavy atom. The van der Waals surface area contributed by atoms with Crippen molar-refractivity contribution in [1.82, 2.24) is 10.2 Å². The molecule has 0 aromatic heterocycles. The average Bonchev–Trinajstić information content (AvgIpc) is 2.23. The molecular weight excluding hydrogens is 260 g/mol. The van der Waals surface area contributed by atoms with Crippen molar-refractivity contribution in [1.29, 1.82) is 0 Å². The molecule has 4 nitrogen and oxygen atoms in total. The summed E-state index contributed by atoms with van der Waals surface area (Å²) in [5.41, 5.74) is -0.418. The lowest BCUT2D eigenvalue weighted by molar-refractivity contribution is 0.0448. The number of nitrogens with zero attached hydrogens (tertiary/aromatic N) is 1. The Hall–Kier alpha value is -0.420. The van der Waals surface area contributed by atoms with Crippen LogP contribution in [0.2, 0.25) is 0 Å². The summed E-state index contributed by atoms with van der Waals surface area (Å²) in [7, 11) is 0. The predicted octanol–water partition coefficient (Wildman–Crippen LogP) is 2.44. The normalized spacial score (nSPS) is 29.7. The third-order valence-electron chi connectivity index (χ3n) is 3.86. The van der Waals surface area contributed by atoms with Crippen LogP contribution in [0.25, 0.3) is 0 Å². The van der Waals surface area contributed by atoms with E-state index in [4.69, 9.17) is 4.74 Å². The van der Waals surface area contributed by atoms with E-state index in [0.717, 1.165) is 32.0 Å². The topological polar surface area (TPSA) is 41.6 Å². The number of carbonyl (C=O) groups excluding carboxylic acids is 1. The molecule has 0 bridgehead atoms. The molecule has 2 rings (SSSR count). The van der Waals surface area contributed by atoms with Crippen LogP contribution in [0, 0.1) is 0 Å². The van der Waals surface area contributed by atoms with Gasteiger partial charge in [0.15, 0.2) is 0 Å². The zero-order valence-electron chi connectivity index (χ0n) is 12.2. The van der Waals surface area contributed by atoms with Crippen LogP contribution in [0.15, 0.2) is 0 Å². The van der Waals surface area contributed by atoms with E-state index in [0.29, 0.717) is 5.25 Å². The molecule has 0 aromatic rings. The standard InChI is InChI=1S/C14H26N2O2S/c1-14(2,3)18-13(17)15-10-4-6-16(7-5-10)11-8-12(19)9-11/h10-12,19H,4-9H2,1-3H3,(H,15,17)/t11-,12-. The highest BCUT2D eigenvalue weighted by Gasteiger charge is 2.33. The van der Waals surface area contributed by atoms with Crippen molar-refractivity contribution in [2.24, 2.45) is 0 Å². The summed E-state index contributed by atoms with van der Waals surface area (Å²) < 4.78 is 5.29. The van der Waals surface area contributed by atoms with Gasteiger partial charge in [0.2, 0.25) is 0 Å². The van der Waals surface area contributed by atoms with Crippen LogP contribution in [0.1, 0.15) is 46.5 Å². The number of piperidine rings is 1. The van der Waals surface area contributed by atoms with Crippen LogP contribution in [0.5, 0.6) is 0 Å². The second-order valence-electron chi connectivity index (χ2n) is 6.74. The molecule has 1 N–H and O–H groups in total. The van der Waals surface area contributed by atoms with E-state index in [9.17, 15) is 4.79 Å². The van der Waals surface area contributed by atoms with Crippen LogP contribution >= 0.6 is 12.6 Å². The minimum Gasteiger partial charge on any atom is -0.444 e. The van der Waals surface area contributed by atoms with Gasteiger partial charge in [-0.15, -0.1) is 0 Å². The van der Waals surface area contributed by atoms with Crippen molar-refractivity contribution in [3.63, 3.8) is 0 Å². The Balaban J connectivity index is 1.67. The molecule has 110 valence electrons. The number of rotatable bonds is 2. The van der Waals surface area contributed by atoms with Gasteiger partial charge >= 0.3 is 6.09 Å². The number of likely N-dealkylation sites (tertiary alicyclic amines) is 1. The Morgan fingerprint density at radius 2 is 1.84 bits per heavy atom. The number of hydrogen-bond donors (Lipinski definition) is 2. The monoisotopic (exact) mass is 286 g/mol. The van der Waals surface area contributed by atoms with Crippen LogP contribution in [0.3, 0.4) is 0 Å². The van der Waals surface area contributed by atoms with Gasteiger partial charge in [-0.05, 0) is 46.5 Å². The molecule has 0 aromatic carbocycles. The summed E-state index contributed by atoms with van der Waals surface area (Å²) in [5, 5.41) is 3.58. The molecule has 0 spiro atoms. The quantitative estimate of drug-likeness (QED) is 0.766. The van der Waals surface area contributed by atoms with Crippen molar-refractivity contribution in [2.75, 3.05) is 13.1 Å². The maximum Gasteiger partial charge on any atom is 0.407 e. The van der Waals surface area contributed by atoms with E-state index in [1.165, 1.54) is 12.8 Å². The minimum atomic E-state index is -0.418. The fourth-order valence-electron chi connectivity index (χ4n) is 2.74. The number of nitrogens with one attached hydrogen (secondary N) is 1. The summed E-state index contributed by atoms with van der Waals surface area (Å²) >= 11 is 4.47. The minimum absolute atomic E-state index is 0.262. The lowest BCUT2D eigenvalue weighted by Crippen LogP contribution is -2.52. The third kappa shape index (κ3) is 4.56. The SMILES string of the molecule is CC(C)(C)OC(=O)NC1CCN([C@H]2C[C@H](S)C2)CC1. The molecule has 0 atom stereocenters. The first-order valence-corrected chi connectivity index (χ1v) is 7.77. The lowest BCUT2D eigenvalue weighted by Gasteiger charge is -2.44. The molecule has 2 aliphatic rings. The molecule has 5 heteroatoms. The molecule has 1 aliphatic heterocycles. The van der Waals surface area contributed by atoms with E-state index in [2.05, 4.69) is 22.8 Å². The molecule has 1 aliphatic carbocycles. The molecule has 1 amide bonds. The molecule has 2 fully saturated rings. The summed E-state index contributed by atoms with van der Waals surface area (Å²) in [6, 6.07) is 0.989. The van der Waals surface area contributed by atoms with Crippen molar-refractivity contribution in [2.45, 2.75) is 69.4 Å². The molecule has 19 heavy (non-hydrogen) atoms. The smallest absolute Gasteiger partial charge is 0.407 e. The van der Waals surface area contributed by atoms with Crippen LogP contribution in [-0.4, -0.2) is 47.0 Å². The van der Waals surface area contributed by atoms with E-state index >= 15 is 0 Å². The van der Waals surface area contributed by atoms with Crippen molar-refractivity contribution in [3.8, 4) is 0 Å². The van der Waals surface area contributed by atoms with Gasteiger partial charge < -0.3 is 15.0 Å². The number of hydrogen-bond acceptors (Lipinski definition) is 4. The molecule has 1 saturated heterocycles. The number of thiol groups is 1. The molecular formula is C14H26N2O2S. The molecule has 1 heterocycles.